The summed E-state index contributed by atoms with van der Waals surface area (Å²) >= 11 is 7.39. The first-order valence-electron chi connectivity index (χ1n) is 10.3. The van der Waals surface area contributed by atoms with Crippen molar-refractivity contribution in [3.63, 3.8) is 0 Å². The van der Waals surface area contributed by atoms with Crippen LogP contribution in [0.2, 0.25) is 5.02 Å². The molecule has 0 aliphatic carbocycles. The quantitative estimate of drug-likeness (QED) is 0.356. The molecule has 1 atom stereocenters. The maximum atomic E-state index is 13.1. The number of imidazole rings is 1. The van der Waals surface area contributed by atoms with Crippen LogP contribution in [0.5, 0.6) is 0 Å². The van der Waals surface area contributed by atoms with Gasteiger partial charge in [-0.2, -0.15) is 0 Å². The van der Waals surface area contributed by atoms with Crippen LogP contribution < -0.4 is 10.7 Å². The molecule has 0 radical (unpaired) electrons. The molecule has 3 N–H and O–H groups in total. The molecule has 1 amide bonds. The van der Waals surface area contributed by atoms with Crippen molar-refractivity contribution >= 4 is 39.1 Å². The minimum Gasteiger partial charge on any atom is -0.384 e. The monoisotopic (exact) mass is 485 g/mol. The first-order valence-corrected chi connectivity index (χ1v) is 11.5. The molecule has 3 aromatic heterocycles. The molecule has 0 spiro atoms. The summed E-state index contributed by atoms with van der Waals surface area (Å²) in [6, 6.07) is 8.99. The summed E-state index contributed by atoms with van der Waals surface area (Å²) in [5.74, 6) is 0.0968. The summed E-state index contributed by atoms with van der Waals surface area (Å²) in [5.41, 5.74) is 0.700. The summed E-state index contributed by atoms with van der Waals surface area (Å²) in [5, 5.41) is 14.2. The van der Waals surface area contributed by atoms with Gasteiger partial charge in [0, 0.05) is 55.2 Å². The van der Waals surface area contributed by atoms with Crippen LogP contribution in [0.15, 0.2) is 53.7 Å². The number of hydrogen-bond acceptors (Lipinski definition) is 6. The fraction of sp³-hybridized carbons (Fsp3) is 0.261. The van der Waals surface area contributed by atoms with Gasteiger partial charge in [-0.3, -0.25) is 14.5 Å². The number of halogens is 1. The van der Waals surface area contributed by atoms with E-state index >= 15 is 0 Å². The molecular formula is C23H24ClN5O3S. The number of pyridine rings is 1. The van der Waals surface area contributed by atoms with Gasteiger partial charge in [0.1, 0.15) is 22.3 Å². The number of amides is 1. The van der Waals surface area contributed by atoms with E-state index in [0.717, 1.165) is 15.3 Å². The lowest BCUT2D eigenvalue weighted by Gasteiger charge is -2.18. The summed E-state index contributed by atoms with van der Waals surface area (Å²) < 4.78 is 1.81. The van der Waals surface area contributed by atoms with Crippen LogP contribution in [0.25, 0.3) is 10.2 Å². The molecule has 33 heavy (non-hydrogen) atoms. The number of benzene rings is 1. The van der Waals surface area contributed by atoms with Crippen LogP contribution in [-0.2, 0) is 20.1 Å². The number of hydrogen-bond donors (Lipinski definition) is 3. The molecule has 10 heteroatoms. The van der Waals surface area contributed by atoms with E-state index in [1.54, 1.807) is 35.3 Å². The average molecular weight is 486 g/mol. The number of likely N-dealkylation sites (N-methyl/N-ethyl adjacent to an activating group) is 1. The fourth-order valence-electron chi connectivity index (χ4n) is 3.60. The number of aryl methyl sites for hydroxylation is 1. The van der Waals surface area contributed by atoms with E-state index in [9.17, 15) is 14.7 Å². The summed E-state index contributed by atoms with van der Waals surface area (Å²) in [6.07, 6.45) is 4.11. The lowest BCUT2D eigenvalue weighted by molar-refractivity contribution is 0.0949. The van der Waals surface area contributed by atoms with Gasteiger partial charge in [-0.05, 0) is 30.8 Å². The Kier molecular flexibility index (Phi) is 6.94. The second-order valence-corrected chi connectivity index (χ2v) is 9.46. The van der Waals surface area contributed by atoms with Crippen molar-refractivity contribution in [3.05, 3.63) is 86.0 Å². The SMILES string of the molecule is CN(Cc1cc2c(=O)c(C(=O)NCc3ccc(Cl)cc3)cn(C)c2s1)CC(O)c1ncc[nH]1. The highest BCUT2D eigenvalue weighted by Crippen LogP contribution is 2.25. The van der Waals surface area contributed by atoms with Crippen molar-refractivity contribution in [2.75, 3.05) is 13.6 Å². The number of aromatic amines is 1. The third kappa shape index (κ3) is 5.33. The van der Waals surface area contributed by atoms with Crippen LogP contribution in [0.4, 0.5) is 0 Å². The average Bonchev–Trinajstić information content (AvgIpc) is 3.46. The zero-order valence-corrected chi connectivity index (χ0v) is 19.8. The lowest BCUT2D eigenvalue weighted by atomic mass is 10.2. The van der Waals surface area contributed by atoms with E-state index in [2.05, 4.69) is 15.3 Å². The Labute approximate surface area is 199 Å². The molecule has 1 unspecified atom stereocenters. The Morgan fingerprint density at radius 3 is 2.82 bits per heavy atom. The number of rotatable bonds is 8. The Bertz CT molecular complexity index is 1310. The molecule has 0 saturated carbocycles. The molecule has 4 aromatic rings. The predicted molar refractivity (Wildman–Crippen MR) is 130 cm³/mol. The van der Waals surface area contributed by atoms with Gasteiger partial charge in [-0.25, -0.2) is 4.98 Å². The maximum absolute atomic E-state index is 13.1. The Balaban J connectivity index is 1.49. The zero-order valence-electron chi connectivity index (χ0n) is 18.2. The standard InChI is InChI=1S/C23H24ClN5O3S/c1-28(13-19(30)21-25-7-8-26-21)11-16-9-17-20(31)18(12-29(2)23(17)33-16)22(32)27-10-14-3-5-15(24)6-4-14/h3-9,12,19,30H,10-11,13H2,1-2H3,(H,25,26)(H,27,32). The highest BCUT2D eigenvalue weighted by molar-refractivity contribution is 7.18. The predicted octanol–water partition coefficient (Wildman–Crippen LogP) is 3.07. The van der Waals surface area contributed by atoms with Crippen molar-refractivity contribution in [2.45, 2.75) is 19.2 Å². The van der Waals surface area contributed by atoms with Gasteiger partial charge in [-0.15, -0.1) is 11.3 Å². The number of aliphatic hydroxyl groups is 1. The molecule has 0 bridgehead atoms. The Morgan fingerprint density at radius 2 is 2.12 bits per heavy atom. The molecule has 1 aromatic carbocycles. The minimum atomic E-state index is -0.735. The number of fused-ring (bicyclic) bond motifs is 1. The van der Waals surface area contributed by atoms with Crippen molar-refractivity contribution in [2.24, 2.45) is 7.05 Å². The van der Waals surface area contributed by atoms with Gasteiger partial charge in [0.15, 0.2) is 0 Å². The number of thiophene rings is 1. The molecular weight excluding hydrogens is 462 g/mol. The third-order valence-electron chi connectivity index (χ3n) is 5.25. The number of carbonyl (C=O) groups is 1. The van der Waals surface area contributed by atoms with Gasteiger partial charge in [0.05, 0.1) is 5.39 Å². The first kappa shape index (κ1) is 23.2. The molecule has 172 valence electrons. The highest BCUT2D eigenvalue weighted by atomic mass is 35.5. The van der Waals surface area contributed by atoms with Crippen molar-refractivity contribution in [1.82, 2.24) is 24.8 Å². The summed E-state index contributed by atoms with van der Waals surface area (Å²) in [4.78, 5) is 36.5. The molecule has 0 aliphatic rings. The van der Waals surface area contributed by atoms with Crippen LogP contribution >= 0.6 is 22.9 Å². The molecule has 3 heterocycles. The fourth-order valence-corrected chi connectivity index (χ4v) is 4.90. The van der Waals surface area contributed by atoms with E-state index < -0.39 is 12.0 Å². The van der Waals surface area contributed by atoms with Gasteiger partial charge in [0.25, 0.3) is 5.91 Å². The van der Waals surface area contributed by atoms with Crippen LogP contribution in [0.1, 0.15) is 32.7 Å². The normalized spacial score (nSPS) is 12.4. The van der Waals surface area contributed by atoms with E-state index in [1.807, 2.05) is 37.2 Å². The molecule has 0 fully saturated rings. The van der Waals surface area contributed by atoms with Crippen molar-refractivity contribution in [1.29, 1.82) is 0 Å². The highest BCUT2D eigenvalue weighted by Gasteiger charge is 2.18. The molecule has 4 rings (SSSR count). The van der Waals surface area contributed by atoms with Crippen LogP contribution in [-0.4, -0.2) is 44.0 Å². The van der Waals surface area contributed by atoms with Crippen molar-refractivity contribution < 1.29 is 9.90 Å². The number of carbonyl (C=O) groups excluding carboxylic acids is 1. The summed E-state index contributed by atoms with van der Waals surface area (Å²) in [6.45, 7) is 1.24. The second-order valence-electron chi connectivity index (χ2n) is 7.91. The Hall–Kier alpha value is -2.98. The Morgan fingerprint density at radius 1 is 1.36 bits per heavy atom. The van der Waals surface area contributed by atoms with Gasteiger partial charge in [0.2, 0.25) is 5.43 Å². The molecule has 0 aliphatic heterocycles. The van der Waals surface area contributed by atoms with Crippen LogP contribution in [0, 0.1) is 0 Å². The van der Waals surface area contributed by atoms with Gasteiger partial charge in [-0.1, -0.05) is 23.7 Å². The maximum Gasteiger partial charge on any atom is 0.257 e. The van der Waals surface area contributed by atoms with E-state index in [0.29, 0.717) is 35.9 Å². The number of nitrogens with zero attached hydrogens (tertiary/aromatic N) is 3. The van der Waals surface area contributed by atoms with E-state index in [-0.39, 0.29) is 11.0 Å². The smallest absolute Gasteiger partial charge is 0.257 e. The van der Waals surface area contributed by atoms with Crippen molar-refractivity contribution in [3.8, 4) is 0 Å². The molecule has 0 saturated heterocycles. The van der Waals surface area contributed by atoms with E-state index in [4.69, 9.17) is 11.6 Å². The number of H-pyrrole nitrogens is 1. The largest absolute Gasteiger partial charge is 0.384 e. The van der Waals surface area contributed by atoms with Crippen LogP contribution in [0.3, 0.4) is 0 Å². The third-order valence-corrected chi connectivity index (χ3v) is 6.71. The zero-order chi connectivity index (χ0) is 23.5. The summed E-state index contributed by atoms with van der Waals surface area (Å²) in [7, 11) is 3.71. The first-order chi connectivity index (χ1) is 15.8. The number of aromatic nitrogens is 3. The van der Waals surface area contributed by atoms with Gasteiger partial charge >= 0.3 is 0 Å². The topological polar surface area (TPSA) is 103 Å². The molecule has 8 nitrogen and oxygen atoms in total. The van der Waals surface area contributed by atoms with E-state index in [1.165, 1.54) is 11.3 Å². The lowest BCUT2D eigenvalue weighted by Crippen LogP contribution is -2.29. The van der Waals surface area contributed by atoms with Gasteiger partial charge < -0.3 is 20.0 Å². The number of nitrogens with one attached hydrogen (secondary N) is 2. The number of aliphatic hydroxyl groups excluding tert-OH is 1. The minimum absolute atomic E-state index is 0.102. The second kappa shape index (κ2) is 9.88.